The molecule has 15 heavy (non-hydrogen) atoms. The minimum absolute atomic E-state index is 0.0377. The Bertz CT molecular complexity index is 346. The number of carbonyl (C=O) groups excluding carboxylic acids is 1. The highest BCUT2D eigenvalue weighted by Crippen LogP contribution is 2.03. The van der Waals surface area contributed by atoms with Crippen molar-refractivity contribution < 1.29 is 9.90 Å². The second-order valence-corrected chi connectivity index (χ2v) is 2.97. The third kappa shape index (κ3) is 4.75. The fourth-order valence-electron chi connectivity index (χ4n) is 0.938. The summed E-state index contributed by atoms with van der Waals surface area (Å²) in [5, 5.41) is 11.6. The number of nitrogens with zero attached hydrogens (tertiary/aromatic N) is 2. The molecule has 1 heterocycles. The third-order valence-electron chi connectivity index (χ3n) is 1.61. The summed E-state index contributed by atoms with van der Waals surface area (Å²) in [7, 11) is 0. The van der Waals surface area contributed by atoms with Crippen LogP contribution in [0, 0.1) is 0 Å². The summed E-state index contributed by atoms with van der Waals surface area (Å²) in [6.45, 7) is 2.08. The van der Waals surface area contributed by atoms with Gasteiger partial charge in [0.15, 0.2) is 11.6 Å². The molecule has 0 atom stereocenters. The van der Waals surface area contributed by atoms with Crippen molar-refractivity contribution in [2.75, 3.05) is 6.54 Å². The maximum absolute atomic E-state index is 10.5. The monoisotopic (exact) mass is 207 g/mol. The van der Waals surface area contributed by atoms with Crippen molar-refractivity contribution in [3.63, 3.8) is 0 Å². The minimum Gasteiger partial charge on any atom is -0.505 e. The van der Waals surface area contributed by atoms with Gasteiger partial charge < -0.3 is 10.4 Å². The molecule has 0 spiro atoms. The molecular formula is C10H13N3O2. The van der Waals surface area contributed by atoms with Crippen molar-refractivity contribution in [1.29, 1.82) is 0 Å². The summed E-state index contributed by atoms with van der Waals surface area (Å²) in [6.07, 6.45) is 6.99. The quantitative estimate of drug-likeness (QED) is 0.713. The maximum atomic E-state index is 10.5. The molecule has 0 unspecified atom stereocenters. The third-order valence-corrected chi connectivity index (χ3v) is 1.61. The van der Waals surface area contributed by atoms with E-state index in [0.717, 1.165) is 6.42 Å². The molecule has 0 aromatic carbocycles. The van der Waals surface area contributed by atoms with Crippen LogP contribution in [0.3, 0.4) is 0 Å². The van der Waals surface area contributed by atoms with E-state index in [1.54, 1.807) is 6.08 Å². The maximum Gasteiger partial charge on any atom is 0.216 e. The number of amides is 1. The van der Waals surface area contributed by atoms with Crippen molar-refractivity contribution in [3.8, 4) is 5.75 Å². The SMILES string of the molecule is CC(=O)NCCC=Cc1ncc(O)cn1. The minimum atomic E-state index is -0.0377. The standard InChI is InChI=1S/C10H13N3O2/c1-8(14)11-5-3-2-4-10-12-6-9(15)7-13-10/h2,4,6-7,15H,3,5H2,1H3,(H,11,14). The molecule has 1 rings (SSSR count). The van der Waals surface area contributed by atoms with E-state index in [-0.39, 0.29) is 11.7 Å². The molecule has 0 aliphatic heterocycles. The van der Waals surface area contributed by atoms with Crippen LogP contribution in [0.1, 0.15) is 19.2 Å². The van der Waals surface area contributed by atoms with E-state index >= 15 is 0 Å². The van der Waals surface area contributed by atoms with Crippen LogP contribution in [0.5, 0.6) is 5.75 Å². The summed E-state index contributed by atoms with van der Waals surface area (Å²) in [4.78, 5) is 18.3. The average molecular weight is 207 g/mol. The summed E-state index contributed by atoms with van der Waals surface area (Å²) in [5.41, 5.74) is 0. The van der Waals surface area contributed by atoms with E-state index in [2.05, 4.69) is 15.3 Å². The molecule has 0 fully saturated rings. The van der Waals surface area contributed by atoms with Crippen LogP contribution in [-0.2, 0) is 4.79 Å². The van der Waals surface area contributed by atoms with Crippen molar-refractivity contribution in [1.82, 2.24) is 15.3 Å². The lowest BCUT2D eigenvalue weighted by Gasteiger charge is -1.96. The zero-order chi connectivity index (χ0) is 11.1. The van der Waals surface area contributed by atoms with Gasteiger partial charge in [0, 0.05) is 13.5 Å². The van der Waals surface area contributed by atoms with Crippen molar-refractivity contribution >= 4 is 12.0 Å². The second kappa shape index (κ2) is 5.74. The Morgan fingerprint density at radius 3 is 2.80 bits per heavy atom. The topological polar surface area (TPSA) is 75.1 Å². The molecular weight excluding hydrogens is 194 g/mol. The number of rotatable bonds is 4. The van der Waals surface area contributed by atoms with Gasteiger partial charge in [-0.15, -0.1) is 0 Å². The fraction of sp³-hybridized carbons (Fsp3) is 0.300. The normalized spacial score (nSPS) is 10.5. The molecule has 2 N–H and O–H groups in total. The molecule has 80 valence electrons. The number of aromatic nitrogens is 2. The lowest BCUT2D eigenvalue weighted by molar-refractivity contribution is -0.118. The first-order valence-corrected chi connectivity index (χ1v) is 4.60. The van der Waals surface area contributed by atoms with Gasteiger partial charge >= 0.3 is 0 Å². The Morgan fingerprint density at radius 1 is 1.53 bits per heavy atom. The van der Waals surface area contributed by atoms with Crippen LogP contribution >= 0.6 is 0 Å². The van der Waals surface area contributed by atoms with Gasteiger partial charge in [-0.3, -0.25) is 4.79 Å². The van der Waals surface area contributed by atoms with E-state index in [1.165, 1.54) is 19.3 Å². The van der Waals surface area contributed by atoms with Crippen LogP contribution < -0.4 is 5.32 Å². The number of hydrogen-bond acceptors (Lipinski definition) is 4. The predicted molar refractivity (Wildman–Crippen MR) is 56.0 cm³/mol. The largest absolute Gasteiger partial charge is 0.505 e. The smallest absolute Gasteiger partial charge is 0.216 e. The number of carbonyl (C=O) groups is 1. The lowest BCUT2D eigenvalue weighted by Crippen LogP contribution is -2.20. The number of nitrogens with one attached hydrogen (secondary N) is 1. The Kier molecular flexibility index (Phi) is 4.28. The molecule has 1 aromatic heterocycles. The van der Waals surface area contributed by atoms with Gasteiger partial charge in [-0.25, -0.2) is 9.97 Å². The summed E-state index contributed by atoms with van der Waals surface area (Å²) < 4.78 is 0. The average Bonchev–Trinajstić information content (AvgIpc) is 2.20. The van der Waals surface area contributed by atoms with Crippen LogP contribution in [0.15, 0.2) is 18.5 Å². The molecule has 0 saturated carbocycles. The fourth-order valence-corrected chi connectivity index (χ4v) is 0.938. The van der Waals surface area contributed by atoms with E-state index in [0.29, 0.717) is 12.4 Å². The molecule has 0 radical (unpaired) electrons. The first-order chi connectivity index (χ1) is 7.18. The second-order valence-electron chi connectivity index (χ2n) is 2.97. The van der Waals surface area contributed by atoms with Gasteiger partial charge in [0.1, 0.15) is 0 Å². The van der Waals surface area contributed by atoms with Crippen molar-refractivity contribution in [2.24, 2.45) is 0 Å². The van der Waals surface area contributed by atoms with Crippen LogP contribution in [0.25, 0.3) is 6.08 Å². The lowest BCUT2D eigenvalue weighted by atomic mass is 10.3. The molecule has 5 nitrogen and oxygen atoms in total. The van der Waals surface area contributed by atoms with Crippen molar-refractivity contribution in [3.05, 3.63) is 24.3 Å². The Hall–Kier alpha value is -1.91. The highest BCUT2D eigenvalue weighted by molar-refractivity contribution is 5.72. The first-order valence-electron chi connectivity index (χ1n) is 4.60. The van der Waals surface area contributed by atoms with Gasteiger partial charge in [0.05, 0.1) is 12.4 Å². The van der Waals surface area contributed by atoms with E-state index in [1.807, 2.05) is 6.08 Å². The van der Waals surface area contributed by atoms with Crippen LogP contribution in [-0.4, -0.2) is 27.5 Å². The zero-order valence-corrected chi connectivity index (χ0v) is 8.47. The van der Waals surface area contributed by atoms with E-state index in [4.69, 9.17) is 5.11 Å². The zero-order valence-electron chi connectivity index (χ0n) is 8.47. The Labute approximate surface area is 87.9 Å². The van der Waals surface area contributed by atoms with Gasteiger partial charge in [-0.1, -0.05) is 6.08 Å². The summed E-state index contributed by atoms with van der Waals surface area (Å²) >= 11 is 0. The molecule has 0 aliphatic carbocycles. The highest BCUT2D eigenvalue weighted by atomic mass is 16.3. The van der Waals surface area contributed by atoms with Crippen molar-refractivity contribution in [2.45, 2.75) is 13.3 Å². The van der Waals surface area contributed by atoms with Gasteiger partial charge in [-0.2, -0.15) is 0 Å². The van der Waals surface area contributed by atoms with Crippen LogP contribution in [0.4, 0.5) is 0 Å². The highest BCUT2D eigenvalue weighted by Gasteiger charge is 1.91. The molecule has 1 aromatic rings. The molecule has 1 amide bonds. The Balaban J connectivity index is 2.32. The predicted octanol–water partition coefficient (Wildman–Crippen LogP) is 0.722. The van der Waals surface area contributed by atoms with Gasteiger partial charge in [0.25, 0.3) is 0 Å². The number of aromatic hydroxyl groups is 1. The Morgan fingerprint density at radius 2 is 2.20 bits per heavy atom. The number of hydrogen-bond donors (Lipinski definition) is 2. The first kappa shape index (κ1) is 11.2. The van der Waals surface area contributed by atoms with Crippen LogP contribution in [0.2, 0.25) is 0 Å². The van der Waals surface area contributed by atoms with Gasteiger partial charge in [0.2, 0.25) is 5.91 Å². The summed E-state index contributed by atoms with van der Waals surface area (Å²) in [6, 6.07) is 0. The van der Waals surface area contributed by atoms with Gasteiger partial charge in [-0.05, 0) is 12.5 Å². The molecule has 0 saturated heterocycles. The molecule has 5 heteroatoms. The van der Waals surface area contributed by atoms with E-state index in [9.17, 15) is 4.79 Å². The molecule has 0 bridgehead atoms. The summed E-state index contributed by atoms with van der Waals surface area (Å²) in [5.74, 6) is 0.547. The van der Waals surface area contributed by atoms with E-state index < -0.39 is 0 Å². The molecule has 0 aliphatic rings.